The number of aromatic nitrogens is 4. The first-order valence-corrected chi connectivity index (χ1v) is 10.4. The number of imidazole rings is 1. The summed E-state index contributed by atoms with van der Waals surface area (Å²) in [5.74, 6) is 1.09. The smallest absolute Gasteiger partial charge is 0.312 e. The summed E-state index contributed by atoms with van der Waals surface area (Å²) in [6, 6.07) is 5.91. The number of halogens is 1. The highest BCUT2D eigenvalue weighted by atomic mass is 35.5. The summed E-state index contributed by atoms with van der Waals surface area (Å²) in [5.41, 5.74) is 2.29. The van der Waals surface area contributed by atoms with Gasteiger partial charge in [0.2, 0.25) is 5.95 Å². The number of anilines is 2. The molecule has 8 heteroatoms. The zero-order valence-electron chi connectivity index (χ0n) is 17.3. The molecule has 3 heterocycles. The van der Waals surface area contributed by atoms with Crippen molar-refractivity contribution in [2.75, 3.05) is 11.4 Å². The molecule has 29 heavy (non-hydrogen) atoms. The summed E-state index contributed by atoms with van der Waals surface area (Å²) in [5, 5.41) is 0.694. The van der Waals surface area contributed by atoms with Crippen molar-refractivity contribution in [3.05, 3.63) is 49.6 Å². The Morgan fingerprint density at radius 1 is 1.21 bits per heavy atom. The molecule has 154 valence electrons. The van der Waals surface area contributed by atoms with Crippen LogP contribution in [0.5, 0.6) is 0 Å². The lowest BCUT2D eigenvalue weighted by Gasteiger charge is -2.29. The van der Waals surface area contributed by atoms with E-state index in [0.717, 1.165) is 30.6 Å². The van der Waals surface area contributed by atoms with Crippen LogP contribution in [0.25, 0.3) is 11.2 Å². The minimum atomic E-state index is -0.316. The maximum atomic E-state index is 13.2. The van der Waals surface area contributed by atoms with Gasteiger partial charge in [-0.1, -0.05) is 31.5 Å². The molecule has 0 unspecified atom stereocenters. The quantitative estimate of drug-likeness (QED) is 0.654. The second-order valence-corrected chi connectivity index (χ2v) is 8.56. The van der Waals surface area contributed by atoms with Gasteiger partial charge >= 0.3 is 5.69 Å². The summed E-state index contributed by atoms with van der Waals surface area (Å²) < 4.78 is 4.78. The number of rotatable bonds is 4. The van der Waals surface area contributed by atoms with Crippen LogP contribution in [0.15, 0.2) is 27.8 Å². The standard InChI is InChI=1S/C21H26ClN5O2/c1-13(2)8-11-27-19(28)17-18(24(4)21(27)29)23-20-25(9-5-10-26(17)20)15-7-6-14(3)16(22)12-15/h6-7,12-13H,5,8-11H2,1-4H3. The monoisotopic (exact) mass is 415 g/mol. The predicted octanol–water partition coefficient (Wildman–Crippen LogP) is 3.45. The third-order valence-electron chi connectivity index (χ3n) is 5.61. The van der Waals surface area contributed by atoms with Gasteiger partial charge in [-0.15, -0.1) is 0 Å². The van der Waals surface area contributed by atoms with E-state index in [1.54, 1.807) is 7.05 Å². The summed E-state index contributed by atoms with van der Waals surface area (Å²) in [4.78, 5) is 32.8. The molecule has 0 saturated heterocycles. The zero-order chi connectivity index (χ0) is 20.9. The van der Waals surface area contributed by atoms with E-state index in [-0.39, 0.29) is 11.2 Å². The Morgan fingerprint density at radius 3 is 2.66 bits per heavy atom. The maximum absolute atomic E-state index is 13.2. The number of aryl methyl sites for hydroxylation is 3. The van der Waals surface area contributed by atoms with Gasteiger partial charge in [0.1, 0.15) is 0 Å². The molecule has 3 aromatic rings. The lowest BCUT2D eigenvalue weighted by molar-refractivity contribution is 0.487. The molecule has 0 bridgehead atoms. The highest BCUT2D eigenvalue weighted by Crippen LogP contribution is 2.33. The van der Waals surface area contributed by atoms with Crippen LogP contribution in [0.2, 0.25) is 5.02 Å². The molecule has 4 rings (SSSR count). The number of fused-ring (bicyclic) bond motifs is 3. The first-order chi connectivity index (χ1) is 13.8. The van der Waals surface area contributed by atoms with Crippen molar-refractivity contribution in [1.29, 1.82) is 0 Å². The van der Waals surface area contributed by atoms with Crippen molar-refractivity contribution in [2.24, 2.45) is 13.0 Å². The van der Waals surface area contributed by atoms with E-state index in [4.69, 9.17) is 16.6 Å². The second-order valence-electron chi connectivity index (χ2n) is 8.16. The minimum absolute atomic E-state index is 0.258. The van der Waals surface area contributed by atoms with E-state index in [1.807, 2.05) is 29.7 Å². The van der Waals surface area contributed by atoms with Crippen molar-refractivity contribution in [3.63, 3.8) is 0 Å². The molecule has 7 nitrogen and oxygen atoms in total. The van der Waals surface area contributed by atoms with E-state index in [1.165, 1.54) is 9.13 Å². The molecule has 0 aliphatic carbocycles. The van der Waals surface area contributed by atoms with Crippen LogP contribution in [0.1, 0.15) is 32.3 Å². The third kappa shape index (κ3) is 3.27. The Bertz CT molecular complexity index is 1200. The summed E-state index contributed by atoms with van der Waals surface area (Å²) in [6.45, 7) is 8.01. The zero-order valence-corrected chi connectivity index (χ0v) is 18.0. The third-order valence-corrected chi connectivity index (χ3v) is 6.02. The molecular weight excluding hydrogens is 390 g/mol. The molecule has 0 N–H and O–H groups in total. The molecular formula is C21H26ClN5O2. The van der Waals surface area contributed by atoms with Crippen LogP contribution in [-0.2, 0) is 20.1 Å². The van der Waals surface area contributed by atoms with Gasteiger partial charge in [-0.3, -0.25) is 13.9 Å². The molecule has 0 fully saturated rings. The SMILES string of the molecule is Cc1ccc(N2CCCn3c2nc2c3c(=O)n(CCC(C)C)c(=O)n2C)cc1Cl. The molecule has 0 atom stereocenters. The minimum Gasteiger partial charge on any atom is -0.312 e. The van der Waals surface area contributed by atoms with Gasteiger partial charge in [0.25, 0.3) is 5.56 Å². The summed E-state index contributed by atoms with van der Waals surface area (Å²) in [6.07, 6.45) is 1.65. The number of nitrogens with zero attached hydrogens (tertiary/aromatic N) is 5. The van der Waals surface area contributed by atoms with Crippen LogP contribution in [0, 0.1) is 12.8 Å². The average molecular weight is 416 g/mol. The molecule has 2 aromatic heterocycles. The van der Waals surface area contributed by atoms with E-state index in [9.17, 15) is 9.59 Å². The van der Waals surface area contributed by atoms with Gasteiger partial charge in [-0.05, 0) is 43.4 Å². The summed E-state index contributed by atoms with van der Waals surface area (Å²) in [7, 11) is 1.68. The van der Waals surface area contributed by atoms with Crippen LogP contribution in [0.3, 0.4) is 0 Å². The topological polar surface area (TPSA) is 65.1 Å². The van der Waals surface area contributed by atoms with Gasteiger partial charge in [-0.2, -0.15) is 4.98 Å². The Balaban J connectivity index is 1.91. The van der Waals surface area contributed by atoms with Crippen LogP contribution in [-0.4, -0.2) is 25.2 Å². The van der Waals surface area contributed by atoms with Crippen molar-refractivity contribution in [2.45, 2.75) is 46.7 Å². The Labute approximate surface area is 174 Å². The summed E-state index contributed by atoms with van der Waals surface area (Å²) >= 11 is 6.34. The van der Waals surface area contributed by atoms with Crippen LogP contribution < -0.4 is 16.1 Å². The van der Waals surface area contributed by atoms with E-state index in [2.05, 4.69) is 18.7 Å². The fraction of sp³-hybridized carbons (Fsp3) is 0.476. The first-order valence-electron chi connectivity index (χ1n) is 10.0. The Kier molecular flexibility index (Phi) is 5.02. The molecule has 0 amide bonds. The second kappa shape index (κ2) is 7.37. The Morgan fingerprint density at radius 2 is 1.97 bits per heavy atom. The highest BCUT2D eigenvalue weighted by molar-refractivity contribution is 6.31. The van der Waals surface area contributed by atoms with Gasteiger partial charge < -0.3 is 9.47 Å². The van der Waals surface area contributed by atoms with E-state index < -0.39 is 0 Å². The largest absolute Gasteiger partial charge is 0.332 e. The number of hydrogen-bond donors (Lipinski definition) is 0. The van der Waals surface area contributed by atoms with E-state index >= 15 is 0 Å². The van der Waals surface area contributed by atoms with Crippen molar-refractivity contribution in [1.82, 2.24) is 18.7 Å². The lowest BCUT2D eigenvalue weighted by atomic mass is 10.1. The maximum Gasteiger partial charge on any atom is 0.332 e. The van der Waals surface area contributed by atoms with Gasteiger partial charge in [0.15, 0.2) is 11.2 Å². The van der Waals surface area contributed by atoms with Gasteiger partial charge in [0.05, 0.1) is 0 Å². The molecule has 1 aromatic carbocycles. The Hall–Kier alpha value is -2.54. The lowest BCUT2D eigenvalue weighted by Crippen LogP contribution is -2.40. The molecule has 0 saturated carbocycles. The molecule has 1 aliphatic rings. The molecule has 1 aliphatic heterocycles. The van der Waals surface area contributed by atoms with Crippen molar-refractivity contribution in [3.8, 4) is 0 Å². The van der Waals surface area contributed by atoms with Crippen LogP contribution >= 0.6 is 11.6 Å². The fourth-order valence-electron chi connectivity index (χ4n) is 3.84. The van der Waals surface area contributed by atoms with Gasteiger partial charge in [-0.25, -0.2) is 4.79 Å². The van der Waals surface area contributed by atoms with E-state index in [0.29, 0.717) is 41.1 Å². The normalized spacial score (nSPS) is 14.1. The van der Waals surface area contributed by atoms with Crippen LogP contribution in [0.4, 0.5) is 11.6 Å². The first kappa shape index (κ1) is 19.8. The molecule has 0 radical (unpaired) electrons. The predicted molar refractivity (Wildman–Crippen MR) is 117 cm³/mol. The number of hydrogen-bond acceptors (Lipinski definition) is 4. The molecule has 0 spiro atoms. The average Bonchev–Trinajstić information content (AvgIpc) is 3.08. The fourth-order valence-corrected chi connectivity index (χ4v) is 4.02. The number of benzene rings is 1. The van der Waals surface area contributed by atoms with Crippen molar-refractivity contribution >= 4 is 34.4 Å². The van der Waals surface area contributed by atoms with Crippen molar-refractivity contribution < 1.29 is 0 Å². The highest BCUT2D eigenvalue weighted by Gasteiger charge is 2.27. The van der Waals surface area contributed by atoms with Gasteiger partial charge in [0, 0.05) is 37.4 Å².